The first-order valence-electron chi connectivity index (χ1n) is 43.3. The molecule has 0 bridgehead atoms. The van der Waals surface area contributed by atoms with Crippen molar-refractivity contribution in [3.05, 3.63) is 218 Å². The smallest absolute Gasteiger partial charge is 0.410 e. The van der Waals surface area contributed by atoms with E-state index in [1.165, 1.54) is 50.9 Å². The number of carbonyl (C=O) groups is 5. The van der Waals surface area contributed by atoms with Gasteiger partial charge in [0.1, 0.15) is 18.3 Å². The van der Waals surface area contributed by atoms with Gasteiger partial charge in [-0.25, -0.2) is 83.8 Å². The van der Waals surface area contributed by atoms with Crippen LogP contribution in [0.2, 0.25) is 0 Å². The number of urea groups is 4. The summed E-state index contributed by atoms with van der Waals surface area (Å²) in [4.78, 5) is 136. The third-order valence-corrected chi connectivity index (χ3v) is 25.9. The van der Waals surface area contributed by atoms with Gasteiger partial charge in [-0.05, 0) is 199 Å². The summed E-state index contributed by atoms with van der Waals surface area (Å²) in [5.41, 5.74) is 18.2. The zero-order valence-electron chi connectivity index (χ0n) is 75.9. The molecule has 0 spiro atoms. The third-order valence-electron chi connectivity index (χ3n) is 20.5. The monoisotopic (exact) mass is 1940 g/mol. The maximum atomic E-state index is 12.6. The molecular formula is C94H98N26O10S6. The molecule has 4 aromatic carbocycles. The van der Waals surface area contributed by atoms with E-state index in [0.717, 1.165) is 144 Å². The molecule has 16 aromatic rings. The molecular weight excluding hydrogens is 1850 g/mol. The Bertz CT molecular complexity index is 6900. The molecule has 9 amide bonds. The van der Waals surface area contributed by atoms with Crippen molar-refractivity contribution in [2.24, 2.45) is 0 Å². The van der Waals surface area contributed by atoms with Crippen LogP contribution < -0.4 is 42.5 Å². The van der Waals surface area contributed by atoms with Crippen LogP contribution in [0.3, 0.4) is 0 Å². The maximum absolute atomic E-state index is 12.6. The number of benzene rings is 4. The number of carbonyl (C=O) groups excluding carboxylic acids is 5. The van der Waals surface area contributed by atoms with E-state index in [1.54, 1.807) is 119 Å². The van der Waals surface area contributed by atoms with Crippen LogP contribution in [0.4, 0.5) is 44.5 Å². The van der Waals surface area contributed by atoms with E-state index in [9.17, 15) is 43.5 Å². The molecule has 700 valence electrons. The molecule has 5 unspecified atom stereocenters. The average molecular weight is 1940 g/mol. The summed E-state index contributed by atoms with van der Waals surface area (Å²) in [7, 11) is 1.05. The highest BCUT2D eigenvalue weighted by molar-refractivity contribution is 7.97. The Kier molecular flexibility index (Phi) is 33.4. The van der Waals surface area contributed by atoms with E-state index in [4.69, 9.17) is 4.74 Å². The molecule has 0 radical (unpaired) electrons. The summed E-state index contributed by atoms with van der Waals surface area (Å²) in [6, 6.07) is 33.9. The van der Waals surface area contributed by atoms with Crippen molar-refractivity contribution in [2.75, 3.05) is 93.2 Å². The standard InChI is InChI=1S/C27H30N8O3S.C23H24N6O3S2.C23H24N6O2S2.C21H20N6O2S/c1-4-28-25(36)33-26-32-22-14-18(13-20(23(22)39-26)21-7-5-6-8-29-21)19-15-30-24(31-16-19)17(2)38-27(37)35-11-9-34(3)10-12-35;1-4-24-22(31)29-23-28-19-9-15(16-10-26-21(13(2)30)27-11-16)8-17(20(19)33-23)18-7-14(5-6-25-18)12-34(3)32;1-4-24-22(31)29-23-28-19-9-15(16-10-26-21(13(2)30)27-11-16)8-17(20(19)33-23)18-7-14(12-32-3)5-6-25-18;1-3-22-20(29)27-21-26-17-9-13(14-10-24-19(12(2)28)25-11-14)8-15(18(17)30-21)16-6-4-5-7-23-16/h5-8,13-17H,4,9-12H2,1-3H3,(H2,28,32,33,36);5-11,13,30H,4,12H2,1-3H3,(H2,24,28,29,31);5-11,13,30H,4,12H2,1-3H3,(H2,24,28,29,31);4-12,28H,3H2,1-2H3,(H2,22,26,27,29). The molecule has 11 N–H and O–H groups in total. The Hall–Kier alpha value is -14.0. The fourth-order valence-corrected chi connectivity index (χ4v) is 18.9. The molecule has 36 nitrogen and oxygen atoms in total. The van der Waals surface area contributed by atoms with Gasteiger partial charge in [-0.2, -0.15) is 11.8 Å². The van der Waals surface area contributed by atoms with Gasteiger partial charge in [-0.15, -0.1) is 0 Å². The zero-order chi connectivity index (χ0) is 96.1. The number of aliphatic hydroxyl groups is 3. The number of thioether (sulfide) groups is 1. The zero-order valence-corrected chi connectivity index (χ0v) is 80.8. The molecule has 42 heteroatoms. The fraction of sp³-hybridized carbons (Fsp3) is 0.266. The van der Waals surface area contributed by atoms with Crippen LogP contribution in [0.25, 0.3) is 130 Å². The maximum Gasteiger partial charge on any atom is 0.410 e. The van der Waals surface area contributed by atoms with Crippen LogP contribution in [0.1, 0.15) is 114 Å². The predicted molar refractivity (Wildman–Crippen MR) is 537 cm³/mol. The largest absolute Gasteiger partial charge is 0.438 e. The van der Waals surface area contributed by atoms with E-state index >= 15 is 0 Å². The average Bonchev–Trinajstić information content (AvgIpc) is 1.63. The van der Waals surface area contributed by atoms with Crippen molar-refractivity contribution in [3.8, 4) is 89.5 Å². The number of hydrogen-bond donors (Lipinski definition) is 11. The van der Waals surface area contributed by atoms with Crippen molar-refractivity contribution >= 4 is 160 Å². The van der Waals surface area contributed by atoms with Crippen LogP contribution in [-0.2, 0) is 27.0 Å². The molecule has 12 aromatic heterocycles. The Labute approximate surface area is 805 Å². The third kappa shape index (κ3) is 25.4. The molecule has 136 heavy (non-hydrogen) atoms. The lowest BCUT2D eigenvalue weighted by Gasteiger charge is -2.32. The van der Waals surface area contributed by atoms with Gasteiger partial charge in [0.05, 0.1) is 63.6 Å². The molecule has 13 heterocycles. The second-order valence-corrected chi connectivity index (χ2v) is 37.1. The number of piperazine rings is 1. The molecule has 1 saturated heterocycles. The Morgan fingerprint density at radius 2 is 0.713 bits per heavy atom. The number of aromatic nitrogens is 16. The number of amides is 9. The minimum Gasteiger partial charge on any atom is -0.438 e. The molecule has 1 aliphatic rings. The molecule has 1 aliphatic heterocycles. The van der Waals surface area contributed by atoms with E-state index in [0.29, 0.717) is 100 Å². The van der Waals surface area contributed by atoms with Gasteiger partial charge in [0.25, 0.3) is 0 Å². The van der Waals surface area contributed by atoms with Crippen LogP contribution in [0.15, 0.2) is 184 Å². The lowest BCUT2D eigenvalue weighted by molar-refractivity contribution is 0.0522. The number of thiazole rings is 4. The number of hydrogen-bond acceptors (Lipinski definition) is 32. The summed E-state index contributed by atoms with van der Waals surface area (Å²) >= 11 is 7.30. The molecule has 17 rings (SSSR count). The van der Waals surface area contributed by atoms with Crippen molar-refractivity contribution in [1.82, 2.24) is 111 Å². The summed E-state index contributed by atoms with van der Waals surface area (Å²) in [5, 5.41) is 53.1. The van der Waals surface area contributed by atoms with Crippen molar-refractivity contribution < 1.29 is 48.2 Å². The van der Waals surface area contributed by atoms with E-state index in [1.807, 2.05) is 144 Å². The van der Waals surface area contributed by atoms with E-state index in [-0.39, 0.29) is 30.2 Å². The normalized spacial score (nSPS) is 13.0. The number of pyridine rings is 4. The van der Waals surface area contributed by atoms with Crippen LogP contribution >= 0.6 is 57.1 Å². The molecule has 5 atom stereocenters. The second kappa shape index (κ2) is 46.3. The summed E-state index contributed by atoms with van der Waals surface area (Å²) in [6.07, 6.45) is 21.1. The van der Waals surface area contributed by atoms with Gasteiger partial charge in [-0.3, -0.25) is 45.4 Å². The quantitative estimate of drug-likeness (QED) is 0.0253. The van der Waals surface area contributed by atoms with E-state index in [2.05, 4.69) is 140 Å². The summed E-state index contributed by atoms with van der Waals surface area (Å²) in [6.45, 7) is 19.1. The number of aliphatic hydroxyl groups excluding tert-OH is 3. The summed E-state index contributed by atoms with van der Waals surface area (Å²) in [5.74, 6) is 2.82. The number of anilines is 4. The van der Waals surface area contributed by atoms with Gasteiger partial charge >= 0.3 is 30.2 Å². The minimum atomic E-state index is -0.982. The minimum absolute atomic E-state index is 0.291. The van der Waals surface area contributed by atoms with Gasteiger partial charge in [0, 0.05) is 200 Å². The molecule has 1 fully saturated rings. The van der Waals surface area contributed by atoms with Gasteiger partial charge in [-0.1, -0.05) is 57.5 Å². The number of rotatable bonds is 25. The number of ether oxygens (including phenoxy) is 1. The lowest BCUT2D eigenvalue weighted by atomic mass is 10.0. The SMILES string of the molecule is CCNC(=O)Nc1nc2cc(-c3cnc(C(C)O)nc3)cc(-c3cc(CS(C)=O)ccn3)c2s1.CCNC(=O)Nc1nc2cc(-c3cnc(C(C)O)nc3)cc(-c3cc(CSC)ccn3)c2s1.CCNC(=O)Nc1nc2cc(-c3cnc(C(C)O)nc3)cc(-c3ccccn3)c2s1.CCNC(=O)Nc1nc2cc(-c3cnc(C(C)OC(=O)N4CCN(C)CC4)nc3)cc(-c3ccccn3)c2s1. The molecule has 0 aliphatic carbocycles. The highest BCUT2D eigenvalue weighted by Crippen LogP contribution is 2.44. The van der Waals surface area contributed by atoms with Crippen LogP contribution in [0.5, 0.6) is 0 Å². The second-order valence-electron chi connectivity index (χ2n) is 30.8. The number of likely N-dealkylation sites (N-methyl/N-ethyl adjacent to an activating group) is 1. The predicted octanol–water partition coefficient (Wildman–Crippen LogP) is 17.2. The Balaban J connectivity index is 0.000000146. The number of nitrogens with zero attached hydrogens (tertiary/aromatic N) is 18. The first-order chi connectivity index (χ1) is 65.8. The fourth-order valence-electron chi connectivity index (χ4n) is 13.9. The van der Waals surface area contributed by atoms with Crippen LogP contribution in [0, 0.1) is 0 Å². The van der Waals surface area contributed by atoms with E-state index < -0.39 is 35.2 Å². The van der Waals surface area contributed by atoms with Crippen LogP contribution in [-0.4, -0.2) is 211 Å². The van der Waals surface area contributed by atoms with Crippen molar-refractivity contribution in [1.29, 1.82) is 0 Å². The number of nitrogens with one attached hydrogen (secondary N) is 8. The van der Waals surface area contributed by atoms with Gasteiger partial charge in [0.2, 0.25) is 0 Å². The highest BCUT2D eigenvalue weighted by atomic mass is 32.2. The highest BCUT2D eigenvalue weighted by Gasteiger charge is 2.27. The van der Waals surface area contributed by atoms with Crippen molar-refractivity contribution in [3.63, 3.8) is 0 Å². The van der Waals surface area contributed by atoms with Crippen molar-refractivity contribution in [2.45, 2.75) is 91.3 Å². The lowest BCUT2D eigenvalue weighted by Crippen LogP contribution is -2.47. The Morgan fingerprint density at radius 1 is 0.404 bits per heavy atom. The first-order valence-corrected chi connectivity index (χ1v) is 49.6. The Morgan fingerprint density at radius 3 is 1.01 bits per heavy atom. The summed E-state index contributed by atoms with van der Waals surface area (Å²) < 4.78 is 21.0. The first kappa shape index (κ1) is 98.1. The number of fused-ring (bicyclic) bond motifs is 4. The van der Waals surface area contributed by atoms with Gasteiger partial charge < -0.3 is 51.1 Å². The van der Waals surface area contributed by atoms with Gasteiger partial charge in [0.15, 0.2) is 49.9 Å². The topological polar surface area (TPSA) is 481 Å². The molecule has 0 saturated carbocycles.